The summed E-state index contributed by atoms with van der Waals surface area (Å²) in [4.78, 5) is 59.8. The fourth-order valence-electron chi connectivity index (χ4n) is 2.99. The van der Waals surface area contributed by atoms with E-state index in [0.717, 1.165) is 4.90 Å². The Bertz CT molecular complexity index is 1180. The number of hydrogen-bond donors (Lipinski definition) is 1. The number of amides is 3. The third kappa shape index (κ3) is 5.20. The summed E-state index contributed by atoms with van der Waals surface area (Å²) >= 11 is 0. The van der Waals surface area contributed by atoms with E-state index in [1.807, 2.05) is 0 Å². The van der Waals surface area contributed by atoms with E-state index in [2.05, 4.69) is 10.1 Å². The van der Waals surface area contributed by atoms with Gasteiger partial charge in [0.1, 0.15) is 11.5 Å². The van der Waals surface area contributed by atoms with Crippen molar-refractivity contribution in [2.24, 2.45) is 0 Å². The number of benzene rings is 1. The minimum Gasteiger partial charge on any atom is -0.474 e. The molecule has 178 valence electrons. The Morgan fingerprint density at radius 1 is 1.24 bits per heavy atom. The molecule has 2 aromatic rings. The molecule has 0 saturated carbocycles. The molecule has 0 spiro atoms. The minimum atomic E-state index is -0.772. The molecular formula is C21H19N3O10. The van der Waals surface area contributed by atoms with Crippen molar-refractivity contribution < 1.29 is 42.7 Å². The van der Waals surface area contributed by atoms with Crippen molar-refractivity contribution in [3.8, 4) is 5.75 Å². The molecule has 2 heterocycles. The van der Waals surface area contributed by atoms with Crippen LogP contribution in [0.4, 0.5) is 10.5 Å². The number of esters is 2. The molecule has 1 saturated heterocycles. The summed E-state index contributed by atoms with van der Waals surface area (Å²) < 4.78 is 19.9. The maximum absolute atomic E-state index is 12.8. The van der Waals surface area contributed by atoms with E-state index < -0.39 is 41.1 Å². The van der Waals surface area contributed by atoms with Crippen LogP contribution in [0.25, 0.3) is 6.08 Å². The Morgan fingerprint density at radius 3 is 2.68 bits per heavy atom. The topological polar surface area (TPSA) is 168 Å². The lowest BCUT2D eigenvalue weighted by molar-refractivity contribution is -0.385. The van der Waals surface area contributed by atoms with E-state index in [1.54, 1.807) is 6.92 Å². The smallest absolute Gasteiger partial charge is 0.373 e. The Labute approximate surface area is 192 Å². The summed E-state index contributed by atoms with van der Waals surface area (Å²) in [6.07, 6.45) is 1.19. The van der Waals surface area contributed by atoms with E-state index in [1.165, 1.54) is 43.5 Å². The predicted octanol–water partition coefficient (Wildman–Crippen LogP) is 2.01. The number of urea groups is 1. The van der Waals surface area contributed by atoms with Crippen LogP contribution in [0, 0.1) is 10.1 Å². The molecule has 0 aliphatic carbocycles. The van der Waals surface area contributed by atoms with Crippen LogP contribution in [0.3, 0.4) is 0 Å². The molecule has 1 aliphatic heterocycles. The first kappa shape index (κ1) is 24.0. The molecule has 3 amide bonds. The van der Waals surface area contributed by atoms with Gasteiger partial charge >= 0.3 is 23.7 Å². The number of imide groups is 1. The van der Waals surface area contributed by atoms with Crippen molar-refractivity contribution in [1.29, 1.82) is 0 Å². The number of para-hydroxylation sites is 1. The maximum Gasteiger partial charge on any atom is 0.373 e. The minimum absolute atomic E-state index is 0.0787. The van der Waals surface area contributed by atoms with Gasteiger partial charge in [-0.25, -0.2) is 14.4 Å². The summed E-state index contributed by atoms with van der Waals surface area (Å²) in [6, 6.07) is 5.92. The highest BCUT2D eigenvalue weighted by molar-refractivity contribution is 6.14. The van der Waals surface area contributed by atoms with Gasteiger partial charge in [0, 0.05) is 11.6 Å². The first-order valence-electron chi connectivity index (χ1n) is 9.82. The van der Waals surface area contributed by atoms with Crippen molar-refractivity contribution >= 4 is 35.6 Å². The lowest BCUT2D eigenvalue weighted by atomic mass is 10.1. The first-order chi connectivity index (χ1) is 16.2. The second-order valence-corrected chi connectivity index (χ2v) is 6.68. The van der Waals surface area contributed by atoms with Crippen molar-refractivity contribution in [1.82, 2.24) is 10.2 Å². The largest absolute Gasteiger partial charge is 0.474 e. The highest BCUT2D eigenvalue weighted by atomic mass is 16.6. The van der Waals surface area contributed by atoms with Crippen LogP contribution in [-0.4, -0.2) is 54.0 Å². The molecule has 1 aliphatic rings. The zero-order chi connectivity index (χ0) is 24.8. The Kier molecular flexibility index (Phi) is 7.26. The van der Waals surface area contributed by atoms with Crippen LogP contribution in [0.5, 0.6) is 5.75 Å². The molecule has 1 fully saturated rings. The molecule has 0 bridgehead atoms. The molecule has 0 unspecified atom stereocenters. The van der Waals surface area contributed by atoms with Crippen LogP contribution >= 0.6 is 0 Å². The van der Waals surface area contributed by atoms with E-state index in [0.29, 0.717) is 0 Å². The highest BCUT2D eigenvalue weighted by Crippen LogP contribution is 2.33. The van der Waals surface area contributed by atoms with Gasteiger partial charge in [0.15, 0.2) is 6.61 Å². The van der Waals surface area contributed by atoms with Gasteiger partial charge in [-0.15, -0.1) is 0 Å². The Balaban J connectivity index is 1.85. The standard InChI is InChI=1S/C21H19N3O10/c1-3-32-17(25)11-33-18-12(5-4-6-15(18)24(29)30)9-14-19(26)23(21(28)22-14)10-13-7-8-16(34-13)20(27)31-2/h4-9H,3,10-11H2,1-2H3,(H,22,28). The summed E-state index contributed by atoms with van der Waals surface area (Å²) in [5, 5.41) is 13.8. The highest BCUT2D eigenvalue weighted by Gasteiger charge is 2.35. The molecule has 13 heteroatoms. The number of nitrogens with one attached hydrogen (secondary N) is 1. The molecule has 0 radical (unpaired) electrons. The van der Waals surface area contributed by atoms with Gasteiger partial charge in [0.25, 0.3) is 5.91 Å². The number of nitro benzene ring substituents is 1. The van der Waals surface area contributed by atoms with Gasteiger partial charge in [-0.3, -0.25) is 19.8 Å². The van der Waals surface area contributed by atoms with Gasteiger partial charge in [0.2, 0.25) is 11.5 Å². The molecule has 0 atom stereocenters. The molecule has 3 rings (SSSR count). The number of hydrogen-bond acceptors (Lipinski definition) is 10. The molecular weight excluding hydrogens is 454 g/mol. The van der Waals surface area contributed by atoms with Crippen molar-refractivity contribution in [3.63, 3.8) is 0 Å². The summed E-state index contributed by atoms with van der Waals surface area (Å²) in [5.74, 6) is -2.42. The second-order valence-electron chi connectivity index (χ2n) is 6.68. The average molecular weight is 473 g/mol. The van der Waals surface area contributed by atoms with Crippen LogP contribution in [0.2, 0.25) is 0 Å². The second kappa shape index (κ2) is 10.3. The molecule has 34 heavy (non-hydrogen) atoms. The van der Waals surface area contributed by atoms with Crippen LogP contribution in [0.15, 0.2) is 40.4 Å². The summed E-state index contributed by atoms with van der Waals surface area (Å²) in [5.41, 5.74) is -0.556. The van der Waals surface area contributed by atoms with Crippen LogP contribution in [0.1, 0.15) is 28.8 Å². The number of rotatable bonds is 9. The lowest BCUT2D eigenvalue weighted by Crippen LogP contribution is -2.30. The Morgan fingerprint density at radius 2 is 2.00 bits per heavy atom. The molecule has 1 aromatic carbocycles. The molecule has 13 nitrogen and oxygen atoms in total. The average Bonchev–Trinajstić information content (AvgIpc) is 3.38. The number of nitrogens with zero attached hydrogens (tertiary/aromatic N) is 2. The van der Waals surface area contributed by atoms with Crippen LogP contribution in [-0.2, 0) is 25.6 Å². The van der Waals surface area contributed by atoms with Gasteiger partial charge < -0.3 is 23.9 Å². The summed E-state index contributed by atoms with van der Waals surface area (Å²) in [6.45, 7) is 0.823. The van der Waals surface area contributed by atoms with Gasteiger partial charge in [0.05, 0.1) is 25.2 Å². The Hall–Kier alpha value is -4.68. The van der Waals surface area contributed by atoms with Crippen LogP contribution < -0.4 is 10.1 Å². The number of carbonyl (C=O) groups is 4. The third-order valence-corrected chi connectivity index (χ3v) is 4.49. The predicted molar refractivity (Wildman–Crippen MR) is 112 cm³/mol. The zero-order valence-corrected chi connectivity index (χ0v) is 18.1. The van der Waals surface area contributed by atoms with Gasteiger partial charge in [-0.1, -0.05) is 12.1 Å². The number of furan rings is 1. The number of nitro groups is 1. The van der Waals surface area contributed by atoms with E-state index in [-0.39, 0.29) is 41.7 Å². The fraction of sp³-hybridized carbons (Fsp3) is 0.238. The lowest BCUT2D eigenvalue weighted by Gasteiger charge is -2.10. The van der Waals surface area contributed by atoms with E-state index >= 15 is 0 Å². The molecule has 1 aromatic heterocycles. The molecule has 1 N–H and O–H groups in total. The van der Waals surface area contributed by atoms with E-state index in [4.69, 9.17) is 13.9 Å². The number of carbonyl (C=O) groups excluding carboxylic acids is 4. The normalized spacial score (nSPS) is 14.2. The van der Waals surface area contributed by atoms with E-state index in [9.17, 15) is 29.3 Å². The number of ether oxygens (including phenoxy) is 3. The quantitative estimate of drug-likeness (QED) is 0.187. The SMILES string of the molecule is CCOC(=O)COc1c(C=C2NC(=O)N(Cc3ccc(C(=O)OC)o3)C2=O)cccc1[N+](=O)[O-]. The van der Waals surface area contributed by atoms with Gasteiger partial charge in [-0.05, 0) is 25.1 Å². The van der Waals surface area contributed by atoms with Crippen molar-refractivity contribution in [2.75, 3.05) is 20.3 Å². The van der Waals surface area contributed by atoms with Gasteiger partial charge in [-0.2, -0.15) is 0 Å². The zero-order valence-electron chi connectivity index (χ0n) is 18.1. The third-order valence-electron chi connectivity index (χ3n) is 4.49. The van der Waals surface area contributed by atoms with Crippen molar-refractivity contribution in [3.05, 3.63) is 63.2 Å². The first-order valence-corrected chi connectivity index (χ1v) is 9.82. The van der Waals surface area contributed by atoms with Crippen molar-refractivity contribution in [2.45, 2.75) is 13.5 Å². The number of methoxy groups -OCH3 is 1. The monoisotopic (exact) mass is 473 g/mol. The fourth-order valence-corrected chi connectivity index (χ4v) is 2.99. The maximum atomic E-state index is 12.8. The summed E-state index contributed by atoms with van der Waals surface area (Å²) in [7, 11) is 1.18.